The summed E-state index contributed by atoms with van der Waals surface area (Å²) >= 11 is 0. The number of aliphatic hydroxyl groups is 1. The topological polar surface area (TPSA) is 38.0 Å². The molecule has 0 spiro atoms. The fourth-order valence-electron chi connectivity index (χ4n) is 4.87. The molecule has 2 saturated carbocycles. The third-order valence-electron chi connectivity index (χ3n) is 6.07. The lowest BCUT2D eigenvalue weighted by molar-refractivity contribution is -0.158. The molecule has 3 nitrogen and oxygen atoms in total. The zero-order valence-electron chi connectivity index (χ0n) is 12.6. The monoisotopic (exact) mass is 262 g/mol. The van der Waals surface area contributed by atoms with Crippen LogP contribution in [-0.4, -0.2) is 14.7 Å². The van der Waals surface area contributed by atoms with Crippen molar-refractivity contribution in [2.24, 2.45) is 16.7 Å². The van der Waals surface area contributed by atoms with E-state index >= 15 is 0 Å². The van der Waals surface area contributed by atoms with E-state index < -0.39 is 5.60 Å². The molecule has 1 aromatic rings. The van der Waals surface area contributed by atoms with Gasteiger partial charge in [-0.25, -0.2) is 4.98 Å². The minimum Gasteiger partial charge on any atom is -0.381 e. The molecular weight excluding hydrogens is 236 g/mol. The van der Waals surface area contributed by atoms with Gasteiger partial charge in [-0.3, -0.25) is 0 Å². The second-order valence-electron chi connectivity index (χ2n) is 7.38. The third-order valence-corrected chi connectivity index (χ3v) is 6.07. The van der Waals surface area contributed by atoms with E-state index in [0.29, 0.717) is 5.92 Å². The predicted molar refractivity (Wildman–Crippen MR) is 75.6 cm³/mol. The van der Waals surface area contributed by atoms with Crippen molar-refractivity contribution in [1.29, 1.82) is 0 Å². The van der Waals surface area contributed by atoms with Gasteiger partial charge in [0.1, 0.15) is 11.4 Å². The Balaban J connectivity index is 2.13. The first-order chi connectivity index (χ1) is 8.87. The number of aromatic nitrogens is 2. The molecule has 2 fully saturated rings. The Bertz CT molecular complexity index is 486. The molecule has 3 atom stereocenters. The van der Waals surface area contributed by atoms with E-state index in [1.807, 2.05) is 12.4 Å². The van der Waals surface area contributed by atoms with E-state index in [-0.39, 0.29) is 10.8 Å². The number of hydrogen-bond donors (Lipinski definition) is 1. The van der Waals surface area contributed by atoms with Crippen LogP contribution in [0.1, 0.15) is 59.2 Å². The van der Waals surface area contributed by atoms with Crippen LogP contribution in [0.2, 0.25) is 0 Å². The van der Waals surface area contributed by atoms with E-state index in [1.165, 1.54) is 6.42 Å². The Hall–Kier alpha value is -0.830. The molecule has 1 aromatic heterocycles. The fourth-order valence-corrected chi connectivity index (χ4v) is 4.87. The molecule has 106 valence electrons. The molecule has 2 bridgehead atoms. The van der Waals surface area contributed by atoms with E-state index in [9.17, 15) is 5.11 Å². The highest BCUT2D eigenvalue weighted by Gasteiger charge is 2.70. The van der Waals surface area contributed by atoms with Gasteiger partial charge in [0.25, 0.3) is 0 Å². The normalized spacial score (nSPS) is 39.9. The molecule has 1 heterocycles. The zero-order valence-corrected chi connectivity index (χ0v) is 12.6. The van der Waals surface area contributed by atoms with Gasteiger partial charge in [-0.1, -0.05) is 27.7 Å². The summed E-state index contributed by atoms with van der Waals surface area (Å²) in [5.74, 6) is 1.51. The molecule has 2 aliphatic carbocycles. The minimum atomic E-state index is -0.790. The van der Waals surface area contributed by atoms with Crippen molar-refractivity contribution in [3.05, 3.63) is 18.2 Å². The first-order valence-corrected chi connectivity index (χ1v) is 7.61. The van der Waals surface area contributed by atoms with Crippen LogP contribution in [-0.2, 0) is 12.1 Å². The number of fused-ring (bicyclic) bond motifs is 2. The Morgan fingerprint density at radius 1 is 1.42 bits per heavy atom. The molecule has 0 aromatic carbocycles. The molecule has 0 radical (unpaired) electrons. The van der Waals surface area contributed by atoms with Gasteiger partial charge < -0.3 is 9.67 Å². The lowest BCUT2D eigenvalue weighted by Gasteiger charge is -2.50. The highest BCUT2D eigenvalue weighted by molar-refractivity contribution is 5.25. The Labute approximate surface area is 116 Å². The van der Waals surface area contributed by atoms with Gasteiger partial charge in [0.2, 0.25) is 0 Å². The quantitative estimate of drug-likeness (QED) is 0.907. The van der Waals surface area contributed by atoms with Gasteiger partial charge in [-0.2, -0.15) is 0 Å². The Kier molecular flexibility index (Phi) is 2.66. The summed E-state index contributed by atoms with van der Waals surface area (Å²) < 4.78 is 2.16. The minimum absolute atomic E-state index is 0.0159. The van der Waals surface area contributed by atoms with Crippen molar-refractivity contribution < 1.29 is 5.11 Å². The number of imidazole rings is 1. The highest BCUT2D eigenvalue weighted by atomic mass is 16.3. The number of aryl methyl sites for hydroxylation is 1. The van der Waals surface area contributed by atoms with Crippen molar-refractivity contribution in [2.75, 3.05) is 0 Å². The average molecular weight is 262 g/mol. The van der Waals surface area contributed by atoms with Gasteiger partial charge in [-0.15, -0.1) is 0 Å². The SMILES string of the molecule is CCCn1ccnc1C1(O)C2(C)CCC(C2)C1(C)C. The fraction of sp³-hybridized carbons (Fsp3) is 0.812. The van der Waals surface area contributed by atoms with Crippen molar-refractivity contribution in [3.63, 3.8) is 0 Å². The van der Waals surface area contributed by atoms with Crippen LogP contribution < -0.4 is 0 Å². The van der Waals surface area contributed by atoms with Crippen LogP contribution in [0.15, 0.2) is 12.4 Å². The summed E-state index contributed by atoms with van der Waals surface area (Å²) in [5, 5.41) is 11.7. The second-order valence-corrected chi connectivity index (χ2v) is 7.38. The van der Waals surface area contributed by atoms with Crippen LogP contribution >= 0.6 is 0 Å². The highest BCUT2D eigenvalue weighted by Crippen LogP contribution is 2.71. The van der Waals surface area contributed by atoms with Crippen LogP contribution in [0, 0.1) is 16.7 Å². The first-order valence-electron chi connectivity index (χ1n) is 7.61. The molecule has 1 N–H and O–H groups in total. The molecular formula is C16H26N2O. The van der Waals surface area contributed by atoms with E-state index in [0.717, 1.165) is 31.6 Å². The maximum absolute atomic E-state index is 11.7. The Morgan fingerprint density at radius 2 is 2.16 bits per heavy atom. The summed E-state index contributed by atoms with van der Waals surface area (Å²) in [7, 11) is 0. The molecule has 0 amide bonds. The van der Waals surface area contributed by atoms with Crippen molar-refractivity contribution in [1.82, 2.24) is 9.55 Å². The molecule has 19 heavy (non-hydrogen) atoms. The summed E-state index contributed by atoms with van der Waals surface area (Å²) in [5.41, 5.74) is -0.892. The van der Waals surface area contributed by atoms with Gasteiger partial charge in [0.15, 0.2) is 0 Å². The van der Waals surface area contributed by atoms with E-state index in [2.05, 4.69) is 37.2 Å². The summed E-state index contributed by atoms with van der Waals surface area (Å²) in [6, 6.07) is 0. The van der Waals surface area contributed by atoms with E-state index in [1.54, 1.807) is 0 Å². The van der Waals surface area contributed by atoms with Crippen LogP contribution in [0.5, 0.6) is 0 Å². The smallest absolute Gasteiger partial charge is 0.141 e. The largest absolute Gasteiger partial charge is 0.381 e. The molecule has 3 unspecified atom stereocenters. The van der Waals surface area contributed by atoms with Crippen molar-refractivity contribution in [2.45, 2.75) is 65.5 Å². The molecule has 2 aliphatic rings. The predicted octanol–water partition coefficient (Wildman–Crippen LogP) is 3.33. The maximum atomic E-state index is 11.7. The summed E-state index contributed by atoms with van der Waals surface area (Å²) in [6.07, 6.45) is 8.43. The molecule has 3 heteroatoms. The van der Waals surface area contributed by atoms with Gasteiger partial charge in [-0.05, 0) is 31.6 Å². The molecule has 0 saturated heterocycles. The van der Waals surface area contributed by atoms with Crippen molar-refractivity contribution in [3.8, 4) is 0 Å². The lowest BCUT2D eigenvalue weighted by atomic mass is 9.60. The van der Waals surface area contributed by atoms with Crippen molar-refractivity contribution >= 4 is 0 Å². The summed E-state index contributed by atoms with van der Waals surface area (Å²) in [6.45, 7) is 9.82. The lowest BCUT2D eigenvalue weighted by Crippen LogP contribution is -2.52. The molecule has 0 aliphatic heterocycles. The second kappa shape index (κ2) is 3.85. The maximum Gasteiger partial charge on any atom is 0.141 e. The van der Waals surface area contributed by atoms with Crippen LogP contribution in [0.4, 0.5) is 0 Å². The molecule has 3 rings (SSSR count). The number of nitrogens with zero attached hydrogens (tertiary/aromatic N) is 2. The van der Waals surface area contributed by atoms with Gasteiger partial charge >= 0.3 is 0 Å². The van der Waals surface area contributed by atoms with E-state index in [4.69, 9.17) is 0 Å². The Morgan fingerprint density at radius 3 is 2.74 bits per heavy atom. The average Bonchev–Trinajstić information content (AvgIpc) is 2.98. The van der Waals surface area contributed by atoms with Gasteiger partial charge in [0, 0.05) is 29.8 Å². The third kappa shape index (κ3) is 1.40. The zero-order chi connectivity index (χ0) is 13.9. The summed E-state index contributed by atoms with van der Waals surface area (Å²) in [4.78, 5) is 4.56. The first kappa shape index (κ1) is 13.2. The van der Waals surface area contributed by atoms with Crippen LogP contribution in [0.3, 0.4) is 0 Å². The standard InChI is InChI=1S/C16H26N2O/c1-5-9-18-10-8-17-13(18)16(19)14(2,3)12-6-7-15(16,4)11-12/h8,10,12,19H,5-7,9,11H2,1-4H3. The van der Waals surface area contributed by atoms with Gasteiger partial charge in [0.05, 0.1) is 0 Å². The van der Waals surface area contributed by atoms with Crippen LogP contribution in [0.25, 0.3) is 0 Å². The number of rotatable bonds is 3. The number of hydrogen-bond acceptors (Lipinski definition) is 2.